The number of aromatic nitrogens is 5. The third-order valence-corrected chi connectivity index (χ3v) is 2.10. The fraction of sp³-hybridized carbons (Fsp3) is 0.222. The van der Waals surface area contributed by atoms with Gasteiger partial charge in [-0.05, 0) is 0 Å². The highest BCUT2D eigenvalue weighted by Crippen LogP contribution is 2.15. The Morgan fingerprint density at radius 1 is 1.56 bits per heavy atom. The minimum Gasteiger partial charge on any atom is -0.481 e. The molecule has 0 unspecified atom stereocenters. The number of nitrogens with one attached hydrogen (secondary N) is 1. The fourth-order valence-electron chi connectivity index (χ4n) is 1.18. The van der Waals surface area contributed by atoms with Gasteiger partial charge in [0.25, 0.3) is 0 Å². The molecular formula is C9H9ClN6O2. The Morgan fingerprint density at radius 3 is 3.06 bits per heavy atom. The van der Waals surface area contributed by atoms with E-state index in [4.69, 9.17) is 16.3 Å². The number of hydrogen-bond acceptors (Lipinski definition) is 6. The van der Waals surface area contributed by atoms with E-state index in [9.17, 15) is 4.79 Å². The Bertz CT molecular complexity index is 544. The Hall–Kier alpha value is -2.22. The number of rotatable bonds is 4. The second-order valence-corrected chi connectivity index (χ2v) is 3.59. The van der Waals surface area contributed by atoms with Crippen LogP contribution in [0.25, 0.3) is 0 Å². The molecule has 0 aliphatic heterocycles. The van der Waals surface area contributed by atoms with Gasteiger partial charge in [-0.15, -0.1) is 0 Å². The van der Waals surface area contributed by atoms with Crippen LogP contribution in [0, 0.1) is 0 Å². The van der Waals surface area contributed by atoms with Crippen LogP contribution in [0.15, 0.2) is 18.7 Å². The molecule has 1 N–H and O–H groups in total. The molecule has 8 nitrogen and oxygen atoms in total. The van der Waals surface area contributed by atoms with Gasteiger partial charge in [0.2, 0.25) is 17.7 Å². The van der Waals surface area contributed by atoms with E-state index in [1.165, 1.54) is 30.5 Å². The van der Waals surface area contributed by atoms with Gasteiger partial charge >= 0.3 is 0 Å². The van der Waals surface area contributed by atoms with E-state index in [0.717, 1.165) is 0 Å². The van der Waals surface area contributed by atoms with Crippen LogP contribution in [-0.2, 0) is 11.3 Å². The quantitative estimate of drug-likeness (QED) is 0.805. The van der Waals surface area contributed by atoms with E-state index in [2.05, 4.69) is 25.4 Å². The molecule has 2 aromatic rings. The van der Waals surface area contributed by atoms with Crippen LogP contribution in [0.1, 0.15) is 0 Å². The Kier molecular flexibility index (Phi) is 3.68. The van der Waals surface area contributed by atoms with Gasteiger partial charge in [-0.25, -0.2) is 14.6 Å². The lowest BCUT2D eigenvalue weighted by Crippen LogP contribution is -2.20. The molecule has 0 aliphatic carbocycles. The highest BCUT2D eigenvalue weighted by Gasteiger charge is 2.08. The van der Waals surface area contributed by atoms with Crippen LogP contribution in [0.4, 0.5) is 5.95 Å². The average molecular weight is 269 g/mol. The topological polar surface area (TPSA) is 94.8 Å². The van der Waals surface area contributed by atoms with Gasteiger partial charge in [-0.3, -0.25) is 10.1 Å². The summed E-state index contributed by atoms with van der Waals surface area (Å²) in [5, 5.41) is 6.46. The number of anilines is 1. The van der Waals surface area contributed by atoms with Crippen LogP contribution in [0.5, 0.6) is 5.88 Å². The number of ether oxygens (including phenoxy) is 1. The van der Waals surface area contributed by atoms with Crippen LogP contribution >= 0.6 is 11.6 Å². The maximum Gasteiger partial charge on any atom is 0.248 e. The Labute approximate surface area is 107 Å². The first-order valence-corrected chi connectivity index (χ1v) is 5.26. The molecular weight excluding hydrogens is 260 g/mol. The Morgan fingerprint density at radius 2 is 2.39 bits per heavy atom. The molecule has 2 rings (SSSR count). The molecule has 0 spiro atoms. The van der Waals surface area contributed by atoms with Crippen molar-refractivity contribution < 1.29 is 9.53 Å². The molecule has 0 saturated carbocycles. The number of nitrogens with zero attached hydrogens (tertiary/aromatic N) is 5. The zero-order valence-corrected chi connectivity index (χ0v) is 10.1. The zero-order chi connectivity index (χ0) is 13.0. The summed E-state index contributed by atoms with van der Waals surface area (Å²) in [6.07, 6.45) is 2.77. The fourth-order valence-corrected chi connectivity index (χ4v) is 1.36. The number of methoxy groups -OCH3 is 1. The molecule has 9 heteroatoms. The maximum absolute atomic E-state index is 11.6. The monoisotopic (exact) mass is 268 g/mol. The number of halogens is 1. The molecule has 94 valence electrons. The van der Waals surface area contributed by atoms with Crippen LogP contribution in [-0.4, -0.2) is 37.7 Å². The molecule has 0 bridgehead atoms. The summed E-state index contributed by atoms with van der Waals surface area (Å²) in [5.41, 5.74) is 0. The molecule has 2 aromatic heterocycles. The first-order valence-electron chi connectivity index (χ1n) is 4.88. The largest absolute Gasteiger partial charge is 0.481 e. The first-order chi connectivity index (χ1) is 8.67. The Balaban J connectivity index is 2.04. The molecule has 18 heavy (non-hydrogen) atoms. The SMILES string of the molecule is COc1cc(Cl)nc(NC(=O)Cn2cncn2)n1. The van der Waals surface area contributed by atoms with Gasteiger partial charge < -0.3 is 4.74 Å². The highest BCUT2D eigenvalue weighted by atomic mass is 35.5. The van der Waals surface area contributed by atoms with E-state index >= 15 is 0 Å². The lowest BCUT2D eigenvalue weighted by atomic mass is 10.5. The average Bonchev–Trinajstić information content (AvgIpc) is 2.80. The molecule has 0 fully saturated rings. The second kappa shape index (κ2) is 5.41. The molecule has 2 heterocycles. The summed E-state index contributed by atoms with van der Waals surface area (Å²) >= 11 is 5.74. The number of amides is 1. The minimum absolute atomic E-state index is 0.0121. The van der Waals surface area contributed by atoms with Crippen LogP contribution in [0.2, 0.25) is 5.15 Å². The van der Waals surface area contributed by atoms with E-state index in [0.29, 0.717) is 0 Å². The molecule has 0 saturated heterocycles. The summed E-state index contributed by atoms with van der Waals surface area (Å²) in [6, 6.07) is 1.44. The van der Waals surface area contributed by atoms with Gasteiger partial charge in [0.05, 0.1) is 7.11 Å². The third-order valence-electron chi connectivity index (χ3n) is 1.90. The second-order valence-electron chi connectivity index (χ2n) is 3.20. The summed E-state index contributed by atoms with van der Waals surface area (Å²) in [5.74, 6) is 0.000316. The van der Waals surface area contributed by atoms with Crippen molar-refractivity contribution in [1.29, 1.82) is 0 Å². The lowest BCUT2D eigenvalue weighted by molar-refractivity contribution is -0.117. The van der Waals surface area contributed by atoms with Crippen molar-refractivity contribution >= 4 is 23.5 Å². The standard InChI is InChI=1S/C9H9ClN6O2/c1-18-8-2-6(10)13-9(15-8)14-7(17)3-16-5-11-4-12-16/h2,4-5H,3H2,1H3,(H,13,14,15,17). The van der Waals surface area contributed by atoms with Crippen molar-refractivity contribution in [2.75, 3.05) is 12.4 Å². The van der Waals surface area contributed by atoms with Crippen molar-refractivity contribution in [2.45, 2.75) is 6.54 Å². The van der Waals surface area contributed by atoms with Gasteiger partial charge in [0, 0.05) is 6.07 Å². The van der Waals surface area contributed by atoms with E-state index in [1.807, 2.05) is 0 Å². The van der Waals surface area contributed by atoms with E-state index in [1.54, 1.807) is 0 Å². The highest BCUT2D eigenvalue weighted by molar-refractivity contribution is 6.29. The van der Waals surface area contributed by atoms with Crippen molar-refractivity contribution in [3.63, 3.8) is 0 Å². The minimum atomic E-state index is -0.343. The van der Waals surface area contributed by atoms with Gasteiger partial charge in [0.15, 0.2) is 0 Å². The van der Waals surface area contributed by atoms with Gasteiger partial charge in [-0.2, -0.15) is 10.1 Å². The molecule has 0 radical (unpaired) electrons. The molecule has 1 amide bonds. The summed E-state index contributed by atoms with van der Waals surface area (Å²) < 4.78 is 6.28. The zero-order valence-electron chi connectivity index (χ0n) is 9.37. The van der Waals surface area contributed by atoms with Crippen LogP contribution < -0.4 is 10.1 Å². The number of carbonyl (C=O) groups is 1. The molecule has 0 aliphatic rings. The van der Waals surface area contributed by atoms with Crippen LogP contribution in [0.3, 0.4) is 0 Å². The molecule has 0 atom stereocenters. The summed E-state index contributed by atoms with van der Waals surface area (Å²) in [6.45, 7) is 0.0121. The predicted octanol–water partition coefficient (Wildman–Crippen LogP) is 0.369. The first kappa shape index (κ1) is 12.2. The smallest absolute Gasteiger partial charge is 0.248 e. The lowest BCUT2D eigenvalue weighted by Gasteiger charge is -2.05. The predicted molar refractivity (Wildman–Crippen MR) is 62.2 cm³/mol. The van der Waals surface area contributed by atoms with E-state index in [-0.39, 0.29) is 29.4 Å². The van der Waals surface area contributed by atoms with Crippen molar-refractivity contribution in [3.8, 4) is 5.88 Å². The number of hydrogen-bond donors (Lipinski definition) is 1. The molecule has 0 aromatic carbocycles. The third kappa shape index (κ3) is 3.14. The maximum atomic E-state index is 11.6. The summed E-state index contributed by atoms with van der Waals surface area (Å²) in [7, 11) is 1.44. The normalized spacial score (nSPS) is 10.1. The van der Waals surface area contributed by atoms with Gasteiger partial charge in [0.1, 0.15) is 24.4 Å². The van der Waals surface area contributed by atoms with Crippen molar-refractivity contribution in [1.82, 2.24) is 24.7 Å². The van der Waals surface area contributed by atoms with Crippen molar-refractivity contribution in [3.05, 3.63) is 23.9 Å². The van der Waals surface area contributed by atoms with E-state index < -0.39 is 0 Å². The van der Waals surface area contributed by atoms with Gasteiger partial charge in [-0.1, -0.05) is 11.6 Å². The van der Waals surface area contributed by atoms with Crippen molar-refractivity contribution in [2.24, 2.45) is 0 Å². The number of carbonyl (C=O) groups excluding carboxylic acids is 1. The summed E-state index contributed by atoms with van der Waals surface area (Å²) in [4.78, 5) is 23.1.